The fourth-order valence-electron chi connectivity index (χ4n) is 1.33. The van der Waals surface area contributed by atoms with Gasteiger partial charge in [-0.15, -0.1) is 0 Å². The van der Waals surface area contributed by atoms with E-state index in [0.717, 1.165) is 13.0 Å². The summed E-state index contributed by atoms with van der Waals surface area (Å²) in [6.07, 6.45) is 2.43. The Bertz CT molecular complexity index is 388. The van der Waals surface area contributed by atoms with Gasteiger partial charge in [-0.05, 0) is 6.42 Å². The fourth-order valence-corrected chi connectivity index (χ4v) is 1.33. The average Bonchev–Trinajstić information content (AvgIpc) is 1.98. The summed E-state index contributed by atoms with van der Waals surface area (Å²) in [6.45, 7) is 1.30. The molecular weight excluding hydrogens is 144 g/mol. The first-order chi connectivity index (χ1) is 5.29. The molecule has 0 saturated carbocycles. The summed E-state index contributed by atoms with van der Waals surface area (Å²) < 4.78 is 2.83. The molecule has 58 valence electrons. The molecule has 2 rings (SSSR count). The predicted molar refractivity (Wildman–Crippen MR) is 39.6 cm³/mol. The molecule has 0 unspecified atom stereocenters. The molecule has 4 heteroatoms. The Hall–Kier alpha value is -1.32. The molecule has 0 fully saturated rings. The molecule has 1 aliphatic rings. The summed E-state index contributed by atoms with van der Waals surface area (Å²) in [7, 11) is 0. The maximum absolute atomic E-state index is 11.2. The van der Waals surface area contributed by atoms with E-state index in [1.54, 1.807) is 10.8 Å². The van der Waals surface area contributed by atoms with Crippen molar-refractivity contribution in [1.29, 1.82) is 0 Å². The van der Waals surface area contributed by atoms with Crippen molar-refractivity contribution in [3.63, 3.8) is 0 Å². The summed E-state index contributed by atoms with van der Waals surface area (Å²) in [5, 5.41) is 0. The molecule has 0 radical (unpaired) electrons. The molecule has 0 spiro atoms. The first kappa shape index (κ1) is 6.39. The molecule has 0 atom stereocenters. The van der Waals surface area contributed by atoms with Crippen LogP contribution in [0.4, 0.5) is 0 Å². The highest BCUT2D eigenvalue weighted by atomic mass is 16.2. The molecule has 0 aromatic carbocycles. The molecule has 11 heavy (non-hydrogen) atoms. The van der Waals surface area contributed by atoms with Crippen LogP contribution in [0.25, 0.3) is 0 Å². The summed E-state index contributed by atoms with van der Waals surface area (Å²) in [5.41, 5.74) is -0.366. The Morgan fingerprint density at radius 3 is 2.82 bits per heavy atom. The highest BCUT2D eigenvalue weighted by Crippen LogP contribution is 1.93. The number of hydrogen-bond donors (Lipinski definition) is 0. The van der Waals surface area contributed by atoms with E-state index >= 15 is 0 Å². The van der Waals surface area contributed by atoms with Gasteiger partial charge in [0.2, 0.25) is 0 Å². The lowest BCUT2D eigenvalue weighted by molar-refractivity contribution is 0.443. The molecular formula is C7H8N2O2. The van der Waals surface area contributed by atoms with Gasteiger partial charge in [0.1, 0.15) is 0 Å². The minimum atomic E-state index is -0.189. The van der Waals surface area contributed by atoms with E-state index in [4.69, 9.17) is 0 Å². The third kappa shape index (κ3) is 0.824. The van der Waals surface area contributed by atoms with Gasteiger partial charge in [-0.25, -0.2) is 4.79 Å². The van der Waals surface area contributed by atoms with E-state index in [1.807, 2.05) is 0 Å². The SMILES string of the molecule is O=c1ccn2c(=O)n1CCC2. The highest BCUT2D eigenvalue weighted by molar-refractivity contribution is 4.88. The van der Waals surface area contributed by atoms with Gasteiger partial charge in [-0.1, -0.05) is 0 Å². The predicted octanol–water partition coefficient (Wildman–Crippen LogP) is -0.586. The smallest absolute Gasteiger partial charge is 0.300 e. The Morgan fingerprint density at radius 2 is 2.09 bits per heavy atom. The van der Waals surface area contributed by atoms with Crippen molar-refractivity contribution in [3.8, 4) is 0 Å². The van der Waals surface area contributed by atoms with Crippen LogP contribution < -0.4 is 11.2 Å². The number of aromatic nitrogens is 2. The van der Waals surface area contributed by atoms with Crippen LogP contribution >= 0.6 is 0 Å². The lowest BCUT2D eigenvalue weighted by Crippen LogP contribution is -2.42. The van der Waals surface area contributed by atoms with E-state index in [-0.39, 0.29) is 11.2 Å². The molecule has 4 nitrogen and oxygen atoms in total. The van der Waals surface area contributed by atoms with Crippen LogP contribution in [0.2, 0.25) is 0 Å². The lowest BCUT2D eigenvalue weighted by Gasteiger charge is -2.14. The van der Waals surface area contributed by atoms with Gasteiger partial charge in [0, 0.05) is 25.4 Å². The van der Waals surface area contributed by atoms with Crippen LogP contribution in [0.5, 0.6) is 0 Å². The number of nitrogens with zero attached hydrogens (tertiary/aromatic N) is 2. The minimum Gasteiger partial charge on any atom is -0.300 e. The Kier molecular flexibility index (Phi) is 1.21. The van der Waals surface area contributed by atoms with Crippen molar-refractivity contribution in [2.24, 2.45) is 0 Å². The van der Waals surface area contributed by atoms with Crippen LogP contribution in [-0.4, -0.2) is 9.13 Å². The third-order valence-corrected chi connectivity index (χ3v) is 1.92. The lowest BCUT2D eigenvalue weighted by atomic mass is 10.3. The molecule has 1 aliphatic heterocycles. The minimum absolute atomic E-state index is 0.177. The van der Waals surface area contributed by atoms with Crippen LogP contribution in [0.1, 0.15) is 6.42 Å². The zero-order valence-electron chi connectivity index (χ0n) is 5.99. The van der Waals surface area contributed by atoms with E-state index in [0.29, 0.717) is 6.54 Å². The number of fused-ring (bicyclic) bond motifs is 2. The maximum Gasteiger partial charge on any atom is 0.330 e. The van der Waals surface area contributed by atoms with Gasteiger partial charge in [-0.3, -0.25) is 9.36 Å². The van der Waals surface area contributed by atoms with Crippen molar-refractivity contribution in [2.45, 2.75) is 19.5 Å². The molecule has 0 N–H and O–H groups in total. The molecule has 2 bridgehead atoms. The first-order valence-corrected chi connectivity index (χ1v) is 3.59. The second-order valence-electron chi connectivity index (χ2n) is 2.64. The van der Waals surface area contributed by atoms with Crippen LogP contribution in [0.15, 0.2) is 21.9 Å². The van der Waals surface area contributed by atoms with E-state index in [2.05, 4.69) is 0 Å². The van der Waals surface area contributed by atoms with Gasteiger partial charge >= 0.3 is 5.69 Å². The average molecular weight is 152 g/mol. The van der Waals surface area contributed by atoms with Crippen molar-refractivity contribution in [1.82, 2.24) is 9.13 Å². The zero-order chi connectivity index (χ0) is 7.84. The molecule has 0 aliphatic carbocycles. The molecule has 1 aromatic heterocycles. The summed E-state index contributed by atoms with van der Waals surface area (Å²) in [6, 6.07) is 1.43. The normalized spacial score (nSPS) is 14.9. The molecule has 2 heterocycles. The van der Waals surface area contributed by atoms with Gasteiger partial charge in [-0.2, -0.15) is 0 Å². The number of rotatable bonds is 0. The Balaban J connectivity index is 2.86. The number of aryl methyl sites for hydroxylation is 1. The summed E-state index contributed by atoms with van der Waals surface area (Å²) in [4.78, 5) is 22.2. The van der Waals surface area contributed by atoms with Crippen LogP contribution in [-0.2, 0) is 13.1 Å². The van der Waals surface area contributed by atoms with Crippen LogP contribution in [0.3, 0.4) is 0 Å². The summed E-state index contributed by atoms with van der Waals surface area (Å²) in [5.74, 6) is 0. The number of hydrogen-bond acceptors (Lipinski definition) is 2. The molecule has 1 aromatic rings. The van der Waals surface area contributed by atoms with Gasteiger partial charge in [0.25, 0.3) is 5.56 Å². The zero-order valence-corrected chi connectivity index (χ0v) is 5.99. The van der Waals surface area contributed by atoms with Crippen molar-refractivity contribution in [3.05, 3.63) is 33.1 Å². The van der Waals surface area contributed by atoms with Crippen molar-refractivity contribution >= 4 is 0 Å². The molecule has 0 amide bonds. The second-order valence-corrected chi connectivity index (χ2v) is 2.64. The second kappa shape index (κ2) is 2.08. The fraction of sp³-hybridized carbons (Fsp3) is 0.429. The summed E-state index contributed by atoms with van der Waals surface area (Å²) >= 11 is 0. The maximum atomic E-state index is 11.2. The highest BCUT2D eigenvalue weighted by Gasteiger charge is 2.09. The quantitative estimate of drug-likeness (QED) is 0.499. The van der Waals surface area contributed by atoms with Gasteiger partial charge in [0.15, 0.2) is 0 Å². The standard InChI is InChI=1S/C7H8N2O2/c10-6-2-5-8-3-1-4-9(6)7(8)11/h2,5H,1,3-4H2. The monoisotopic (exact) mass is 152 g/mol. The van der Waals surface area contributed by atoms with Gasteiger partial charge < -0.3 is 4.57 Å². The van der Waals surface area contributed by atoms with Crippen molar-refractivity contribution < 1.29 is 0 Å². The van der Waals surface area contributed by atoms with E-state index < -0.39 is 0 Å². The first-order valence-electron chi connectivity index (χ1n) is 3.59. The van der Waals surface area contributed by atoms with E-state index in [1.165, 1.54) is 10.6 Å². The Morgan fingerprint density at radius 1 is 1.27 bits per heavy atom. The van der Waals surface area contributed by atoms with Gasteiger partial charge in [0.05, 0.1) is 0 Å². The Labute approximate surface area is 62.7 Å². The van der Waals surface area contributed by atoms with Crippen molar-refractivity contribution in [2.75, 3.05) is 0 Å². The topological polar surface area (TPSA) is 44.0 Å². The van der Waals surface area contributed by atoms with Crippen LogP contribution in [0, 0.1) is 0 Å². The largest absolute Gasteiger partial charge is 0.330 e. The molecule has 0 saturated heterocycles. The van der Waals surface area contributed by atoms with E-state index in [9.17, 15) is 9.59 Å². The third-order valence-electron chi connectivity index (χ3n) is 1.92.